The van der Waals surface area contributed by atoms with Crippen molar-refractivity contribution in [2.45, 2.75) is 31.3 Å². The van der Waals surface area contributed by atoms with E-state index in [2.05, 4.69) is 4.74 Å². The highest BCUT2D eigenvalue weighted by atomic mass is 32.2. The number of ether oxygens (including phenoxy) is 1. The molecule has 0 saturated heterocycles. The molecule has 0 radical (unpaired) electrons. The van der Waals surface area contributed by atoms with Crippen molar-refractivity contribution in [1.82, 2.24) is 0 Å². The van der Waals surface area contributed by atoms with Crippen LogP contribution in [0.25, 0.3) is 0 Å². The van der Waals surface area contributed by atoms with Crippen molar-refractivity contribution in [3.8, 4) is 0 Å². The number of rotatable bonds is 7. The number of carbonyl (C=O) groups is 2. The van der Waals surface area contributed by atoms with Gasteiger partial charge in [-0.25, -0.2) is 0 Å². The van der Waals surface area contributed by atoms with Gasteiger partial charge in [0.2, 0.25) is 0 Å². The molecule has 0 amide bonds. The molecule has 0 N–H and O–H groups in total. The molecule has 1 atom stereocenters. The zero-order valence-corrected chi connectivity index (χ0v) is 13.1. The number of ketones is 1. The molecule has 0 spiro atoms. The van der Waals surface area contributed by atoms with Gasteiger partial charge in [-0.2, -0.15) is 13.2 Å². The molecule has 7 heteroatoms. The second-order valence-electron chi connectivity index (χ2n) is 4.45. The molecule has 1 rings (SSSR count). The number of alkyl halides is 3. The number of halogens is 3. The molecule has 1 unspecified atom stereocenters. The van der Waals surface area contributed by atoms with Crippen LogP contribution in [0.15, 0.2) is 29.2 Å². The Kier molecular flexibility index (Phi) is 6.93. The molecular weight excluding hydrogens is 317 g/mol. The van der Waals surface area contributed by atoms with Gasteiger partial charge < -0.3 is 4.74 Å². The van der Waals surface area contributed by atoms with Crippen LogP contribution in [0.2, 0.25) is 0 Å². The minimum Gasteiger partial charge on any atom is -0.465 e. The standard InChI is InChI=1S/C15H17F3O3S/c1-3-21-14(20)12(13(19)15(16,17)18)9-10-5-7-11(8-6-10)22-4-2/h5-8,12H,3-4,9H2,1-2H3. The average molecular weight is 334 g/mol. The fraction of sp³-hybridized carbons (Fsp3) is 0.467. The van der Waals surface area contributed by atoms with E-state index in [4.69, 9.17) is 0 Å². The minimum atomic E-state index is -5.06. The zero-order valence-electron chi connectivity index (χ0n) is 12.3. The van der Waals surface area contributed by atoms with E-state index in [1.165, 1.54) is 6.92 Å². The number of hydrogen-bond acceptors (Lipinski definition) is 4. The summed E-state index contributed by atoms with van der Waals surface area (Å²) in [4.78, 5) is 24.1. The fourth-order valence-electron chi connectivity index (χ4n) is 1.85. The molecule has 0 heterocycles. The van der Waals surface area contributed by atoms with Crippen LogP contribution in [0.5, 0.6) is 0 Å². The Hall–Kier alpha value is -1.50. The molecule has 0 bridgehead atoms. The van der Waals surface area contributed by atoms with Crippen LogP contribution in [0, 0.1) is 5.92 Å². The molecule has 22 heavy (non-hydrogen) atoms. The van der Waals surface area contributed by atoms with Crippen molar-refractivity contribution in [1.29, 1.82) is 0 Å². The summed E-state index contributed by atoms with van der Waals surface area (Å²) in [6, 6.07) is 6.75. The Morgan fingerprint density at radius 1 is 1.18 bits per heavy atom. The van der Waals surface area contributed by atoms with E-state index in [1.54, 1.807) is 36.0 Å². The highest BCUT2D eigenvalue weighted by Crippen LogP contribution is 2.25. The topological polar surface area (TPSA) is 43.4 Å². The normalized spacial score (nSPS) is 12.8. The maximum absolute atomic E-state index is 12.6. The van der Waals surface area contributed by atoms with Gasteiger partial charge in [0.25, 0.3) is 5.78 Å². The quantitative estimate of drug-likeness (QED) is 0.434. The van der Waals surface area contributed by atoms with Crippen molar-refractivity contribution in [2.75, 3.05) is 12.4 Å². The number of thioether (sulfide) groups is 1. The molecule has 122 valence electrons. The van der Waals surface area contributed by atoms with E-state index in [9.17, 15) is 22.8 Å². The lowest BCUT2D eigenvalue weighted by atomic mass is 9.95. The number of esters is 1. The number of hydrogen-bond donors (Lipinski definition) is 0. The highest BCUT2D eigenvalue weighted by molar-refractivity contribution is 7.99. The zero-order chi connectivity index (χ0) is 16.8. The molecule has 3 nitrogen and oxygen atoms in total. The summed E-state index contributed by atoms with van der Waals surface area (Å²) < 4.78 is 42.4. The predicted molar refractivity (Wildman–Crippen MR) is 77.7 cm³/mol. The molecule has 0 aliphatic carbocycles. The Balaban J connectivity index is 2.92. The monoisotopic (exact) mass is 334 g/mol. The second kappa shape index (κ2) is 8.22. The SMILES string of the molecule is CCOC(=O)C(Cc1ccc(SCC)cc1)C(=O)C(F)(F)F. The summed E-state index contributed by atoms with van der Waals surface area (Å²) in [5.41, 5.74) is 0.483. The van der Waals surface area contributed by atoms with Gasteiger partial charge in [-0.3, -0.25) is 9.59 Å². The van der Waals surface area contributed by atoms with E-state index in [-0.39, 0.29) is 13.0 Å². The van der Waals surface area contributed by atoms with Crippen LogP contribution in [0.3, 0.4) is 0 Å². The molecule has 0 aliphatic heterocycles. The fourth-order valence-corrected chi connectivity index (χ4v) is 2.51. The van der Waals surface area contributed by atoms with Gasteiger partial charge in [0.15, 0.2) is 0 Å². The van der Waals surface area contributed by atoms with Crippen LogP contribution in [-0.2, 0) is 20.7 Å². The van der Waals surface area contributed by atoms with Gasteiger partial charge in [-0.15, -0.1) is 11.8 Å². The molecular formula is C15H17F3O3S. The largest absolute Gasteiger partial charge is 0.465 e. The lowest BCUT2D eigenvalue weighted by Crippen LogP contribution is -2.37. The van der Waals surface area contributed by atoms with Gasteiger partial charge in [0, 0.05) is 4.90 Å². The van der Waals surface area contributed by atoms with Gasteiger partial charge in [-0.05, 0) is 36.8 Å². The summed E-state index contributed by atoms with van der Waals surface area (Å²) in [6.45, 7) is 3.38. The van der Waals surface area contributed by atoms with E-state index >= 15 is 0 Å². The van der Waals surface area contributed by atoms with Crippen LogP contribution < -0.4 is 0 Å². The van der Waals surface area contributed by atoms with Crippen LogP contribution >= 0.6 is 11.8 Å². The molecule has 0 fully saturated rings. The van der Waals surface area contributed by atoms with Gasteiger partial charge >= 0.3 is 12.1 Å². The first-order chi connectivity index (χ1) is 10.3. The summed E-state index contributed by atoms with van der Waals surface area (Å²) in [5.74, 6) is -4.20. The van der Waals surface area contributed by atoms with Crippen molar-refractivity contribution in [2.24, 2.45) is 5.92 Å². The van der Waals surface area contributed by atoms with Gasteiger partial charge in [-0.1, -0.05) is 19.1 Å². The highest BCUT2D eigenvalue weighted by Gasteiger charge is 2.46. The molecule has 0 aliphatic rings. The number of benzene rings is 1. The maximum Gasteiger partial charge on any atom is 0.450 e. The Morgan fingerprint density at radius 3 is 2.23 bits per heavy atom. The predicted octanol–water partition coefficient (Wildman–Crippen LogP) is 3.65. The lowest BCUT2D eigenvalue weighted by molar-refractivity contribution is -0.180. The smallest absolute Gasteiger partial charge is 0.450 e. The Morgan fingerprint density at radius 2 is 1.77 bits per heavy atom. The first-order valence-electron chi connectivity index (χ1n) is 6.79. The van der Waals surface area contributed by atoms with Crippen molar-refractivity contribution >= 4 is 23.5 Å². The van der Waals surface area contributed by atoms with E-state index in [0.717, 1.165) is 10.6 Å². The number of Topliss-reactive ketones (excluding diaryl/α,β-unsaturated/α-hetero) is 1. The summed E-state index contributed by atoms with van der Waals surface area (Å²) >= 11 is 1.59. The summed E-state index contributed by atoms with van der Waals surface area (Å²) in [7, 11) is 0. The lowest BCUT2D eigenvalue weighted by Gasteiger charge is -2.16. The van der Waals surface area contributed by atoms with Crippen molar-refractivity contribution in [3.05, 3.63) is 29.8 Å². The van der Waals surface area contributed by atoms with E-state index in [0.29, 0.717) is 5.56 Å². The Labute approximate surface area is 131 Å². The minimum absolute atomic E-state index is 0.0768. The average Bonchev–Trinajstić information content (AvgIpc) is 2.45. The van der Waals surface area contributed by atoms with Crippen LogP contribution in [-0.4, -0.2) is 30.3 Å². The third-order valence-electron chi connectivity index (χ3n) is 2.84. The molecule has 1 aromatic rings. The molecule has 1 aromatic carbocycles. The molecule has 0 aromatic heterocycles. The second-order valence-corrected chi connectivity index (χ2v) is 5.79. The summed E-state index contributed by atoms with van der Waals surface area (Å²) in [5, 5.41) is 0. The number of carbonyl (C=O) groups excluding carboxylic acids is 2. The third-order valence-corrected chi connectivity index (χ3v) is 3.74. The van der Waals surface area contributed by atoms with Gasteiger partial charge in [0.05, 0.1) is 6.61 Å². The maximum atomic E-state index is 12.6. The van der Waals surface area contributed by atoms with Crippen molar-refractivity contribution < 1.29 is 27.5 Å². The van der Waals surface area contributed by atoms with Crippen LogP contribution in [0.1, 0.15) is 19.4 Å². The van der Waals surface area contributed by atoms with Crippen LogP contribution in [0.4, 0.5) is 13.2 Å². The van der Waals surface area contributed by atoms with E-state index < -0.39 is 23.8 Å². The van der Waals surface area contributed by atoms with E-state index in [1.807, 2.05) is 6.92 Å². The van der Waals surface area contributed by atoms with Gasteiger partial charge in [0.1, 0.15) is 5.92 Å². The molecule has 0 saturated carbocycles. The van der Waals surface area contributed by atoms with Crippen molar-refractivity contribution in [3.63, 3.8) is 0 Å². The first kappa shape index (κ1) is 18.5. The Bertz CT molecular complexity index is 512. The first-order valence-corrected chi connectivity index (χ1v) is 7.77. The summed E-state index contributed by atoms with van der Waals surface area (Å²) in [6.07, 6.45) is -5.39. The third kappa shape index (κ3) is 5.36.